The minimum atomic E-state index is -1.07. The van der Waals surface area contributed by atoms with E-state index in [9.17, 15) is 33.6 Å². The van der Waals surface area contributed by atoms with Gasteiger partial charge in [-0.05, 0) is 44.4 Å². The number of likely N-dealkylation sites (tertiary alicyclic amines) is 1. The Balaban J connectivity index is 1.42. The number of Topliss-reactive ketones (excluding diaryl/α,β-unsaturated/α-hetero) is 1. The lowest BCUT2D eigenvalue weighted by atomic mass is 9.85. The zero-order chi connectivity index (χ0) is 36.0. The number of aryl methyl sites for hydroxylation is 1. The maximum atomic E-state index is 14.2. The molecule has 0 unspecified atom stereocenters. The smallest absolute Gasteiger partial charge is 0.289 e. The van der Waals surface area contributed by atoms with Crippen LogP contribution in [-0.2, 0) is 24.0 Å². The first kappa shape index (κ1) is 36.8. The monoisotopic (exact) mass is 677 g/mol. The summed E-state index contributed by atoms with van der Waals surface area (Å²) in [6.45, 7) is 7.94. The Hall–Kier alpha value is -5.01. The molecule has 1 aromatic carbocycles. The van der Waals surface area contributed by atoms with Crippen LogP contribution in [0, 0.1) is 12.3 Å². The number of nitrogen functional groups attached to an aromatic ring is 1. The summed E-state index contributed by atoms with van der Waals surface area (Å²) < 4.78 is 0. The number of carbonyl (C=O) groups is 7. The number of hydrogen-bond acceptors (Lipinski definition) is 8. The molecule has 0 radical (unpaired) electrons. The van der Waals surface area contributed by atoms with Gasteiger partial charge in [0.05, 0.1) is 24.3 Å². The molecule has 4 rings (SSSR count). The van der Waals surface area contributed by atoms with Crippen molar-refractivity contribution in [3.63, 3.8) is 0 Å². The number of H-pyrrole nitrogens is 1. The maximum Gasteiger partial charge on any atom is 0.289 e. The Morgan fingerprint density at radius 1 is 0.959 bits per heavy atom. The van der Waals surface area contributed by atoms with Crippen molar-refractivity contribution in [1.29, 1.82) is 0 Å². The highest BCUT2D eigenvalue weighted by Crippen LogP contribution is 2.32. The molecule has 2 aromatic rings. The molecule has 0 bridgehead atoms. The van der Waals surface area contributed by atoms with Crippen molar-refractivity contribution >= 4 is 46.8 Å². The number of nitrogens with two attached hydrogens (primary N) is 1. The minimum Gasteiger partial charge on any atom is -0.396 e. The van der Waals surface area contributed by atoms with E-state index in [-0.39, 0.29) is 34.8 Å². The highest BCUT2D eigenvalue weighted by atomic mass is 16.2. The van der Waals surface area contributed by atoms with Crippen LogP contribution in [0.25, 0.3) is 0 Å². The van der Waals surface area contributed by atoms with Gasteiger partial charge in [0.2, 0.25) is 23.5 Å². The summed E-state index contributed by atoms with van der Waals surface area (Å²) in [6.07, 6.45) is 3.94. The van der Waals surface area contributed by atoms with Crippen LogP contribution in [0.2, 0.25) is 0 Å². The number of rotatable bonds is 14. The number of benzene rings is 1. The average Bonchev–Trinajstić information content (AvgIpc) is 3.69. The van der Waals surface area contributed by atoms with Gasteiger partial charge in [0.15, 0.2) is 5.78 Å². The normalized spacial score (nSPS) is 17.9. The van der Waals surface area contributed by atoms with Gasteiger partial charge in [0.1, 0.15) is 17.8 Å². The lowest BCUT2D eigenvalue weighted by Gasteiger charge is -2.38. The van der Waals surface area contributed by atoms with Crippen molar-refractivity contribution in [2.75, 3.05) is 18.8 Å². The SMILES string of the molecule is CCC[C@H]1CC[C@@H](C(=O)NCC(=O)C(=O)NC2CC2)N1C(=O)[C@@H](NC(=O)CNC(=O)c1[nH]c(C)c(C(=O)c2ccccc2)c1N)C(C)(C)C. The van der Waals surface area contributed by atoms with Crippen LogP contribution in [-0.4, -0.2) is 88.2 Å². The second-order valence-corrected chi connectivity index (χ2v) is 13.8. The van der Waals surface area contributed by atoms with Crippen molar-refractivity contribution < 1.29 is 33.6 Å². The molecule has 49 heavy (non-hydrogen) atoms. The van der Waals surface area contributed by atoms with E-state index in [0.717, 1.165) is 19.3 Å². The molecule has 0 spiro atoms. The molecule has 264 valence electrons. The van der Waals surface area contributed by atoms with E-state index in [1.807, 2.05) is 6.92 Å². The van der Waals surface area contributed by atoms with Gasteiger partial charge in [-0.1, -0.05) is 64.4 Å². The molecule has 1 aromatic heterocycles. The molecule has 14 heteroatoms. The van der Waals surface area contributed by atoms with Gasteiger partial charge in [-0.25, -0.2) is 0 Å². The van der Waals surface area contributed by atoms with E-state index in [4.69, 9.17) is 5.73 Å². The Morgan fingerprint density at radius 2 is 1.63 bits per heavy atom. The summed E-state index contributed by atoms with van der Waals surface area (Å²) in [6, 6.07) is 6.28. The average molecular weight is 678 g/mol. The Bertz CT molecular complexity index is 1610. The number of nitrogens with one attached hydrogen (secondary N) is 5. The number of anilines is 1. The van der Waals surface area contributed by atoms with Gasteiger partial charge in [-0.15, -0.1) is 0 Å². The topological polar surface area (TPSA) is 213 Å². The summed E-state index contributed by atoms with van der Waals surface area (Å²) >= 11 is 0. The molecule has 5 amide bonds. The Kier molecular flexibility index (Phi) is 11.6. The third-order valence-electron chi connectivity index (χ3n) is 8.81. The maximum absolute atomic E-state index is 14.2. The summed E-state index contributed by atoms with van der Waals surface area (Å²) in [5, 5.41) is 10.4. The molecule has 14 nitrogen and oxygen atoms in total. The highest BCUT2D eigenvalue weighted by Gasteiger charge is 2.46. The first-order valence-corrected chi connectivity index (χ1v) is 16.7. The fourth-order valence-corrected chi connectivity index (χ4v) is 6.06. The van der Waals surface area contributed by atoms with Crippen molar-refractivity contribution in [2.24, 2.45) is 5.41 Å². The van der Waals surface area contributed by atoms with E-state index in [0.29, 0.717) is 30.5 Å². The van der Waals surface area contributed by atoms with Crippen LogP contribution in [0.15, 0.2) is 30.3 Å². The van der Waals surface area contributed by atoms with Gasteiger partial charge in [0.25, 0.3) is 11.8 Å². The zero-order valence-corrected chi connectivity index (χ0v) is 28.7. The zero-order valence-electron chi connectivity index (χ0n) is 28.7. The number of ketones is 2. The lowest BCUT2D eigenvalue weighted by molar-refractivity contribution is -0.146. The fourth-order valence-electron chi connectivity index (χ4n) is 6.06. The summed E-state index contributed by atoms with van der Waals surface area (Å²) in [7, 11) is 0. The van der Waals surface area contributed by atoms with E-state index in [1.165, 1.54) is 4.90 Å². The first-order chi connectivity index (χ1) is 23.1. The van der Waals surface area contributed by atoms with Crippen LogP contribution >= 0.6 is 0 Å². The molecule has 2 aliphatic rings. The number of amides is 5. The van der Waals surface area contributed by atoms with Crippen molar-refractivity contribution in [1.82, 2.24) is 31.2 Å². The number of carbonyl (C=O) groups excluding carboxylic acids is 7. The number of hydrogen-bond donors (Lipinski definition) is 6. The second-order valence-electron chi connectivity index (χ2n) is 13.8. The summed E-state index contributed by atoms with van der Waals surface area (Å²) in [4.78, 5) is 95.5. The third-order valence-corrected chi connectivity index (χ3v) is 8.81. The van der Waals surface area contributed by atoms with Gasteiger partial charge >= 0.3 is 0 Å². The molecular formula is C35H47N7O7. The van der Waals surface area contributed by atoms with E-state index in [2.05, 4.69) is 26.3 Å². The molecule has 2 fully saturated rings. The van der Waals surface area contributed by atoms with Gasteiger partial charge in [-0.3, -0.25) is 33.6 Å². The predicted octanol–water partition coefficient (Wildman–Crippen LogP) is 1.52. The largest absolute Gasteiger partial charge is 0.396 e. The third kappa shape index (κ3) is 8.92. The molecule has 1 aliphatic heterocycles. The second kappa shape index (κ2) is 15.5. The van der Waals surface area contributed by atoms with Gasteiger partial charge in [-0.2, -0.15) is 0 Å². The molecule has 7 N–H and O–H groups in total. The van der Waals surface area contributed by atoms with Crippen molar-refractivity contribution in [3.05, 3.63) is 52.8 Å². The van der Waals surface area contributed by atoms with Crippen molar-refractivity contribution in [3.8, 4) is 0 Å². The van der Waals surface area contributed by atoms with Crippen LogP contribution in [0.1, 0.15) is 98.3 Å². The molecule has 1 aliphatic carbocycles. The summed E-state index contributed by atoms with van der Waals surface area (Å²) in [5.74, 6) is -4.23. The Morgan fingerprint density at radius 3 is 2.24 bits per heavy atom. The number of aromatic amines is 1. The number of nitrogens with zero attached hydrogens (tertiary/aromatic N) is 1. The molecule has 1 saturated carbocycles. The standard InChI is InChI=1S/C35H47N7O7/c1-6-10-22-15-16-23(31(46)37-17-24(43)32(47)40-21-13-14-21)42(22)34(49)30(35(3,4)5)41-25(44)18-38-33(48)28-27(36)26(19(2)39-28)29(45)20-11-8-7-9-12-20/h7-9,11-12,21-23,30,39H,6,10,13-18,36H2,1-5H3,(H,37,46)(H,38,48)(H,40,47)(H,41,44)/t22-,23-,30+/m0/s1. The van der Waals surface area contributed by atoms with Gasteiger partial charge < -0.3 is 36.9 Å². The first-order valence-electron chi connectivity index (χ1n) is 16.7. The van der Waals surface area contributed by atoms with Gasteiger partial charge in [0, 0.05) is 23.3 Å². The molecular weight excluding hydrogens is 630 g/mol. The predicted molar refractivity (Wildman–Crippen MR) is 181 cm³/mol. The highest BCUT2D eigenvalue weighted by molar-refractivity contribution is 6.37. The van der Waals surface area contributed by atoms with E-state index < -0.39 is 65.9 Å². The lowest BCUT2D eigenvalue weighted by Crippen LogP contribution is -2.60. The quantitative estimate of drug-likeness (QED) is 0.127. The molecule has 1 saturated heterocycles. The molecule has 3 atom stereocenters. The van der Waals surface area contributed by atoms with E-state index >= 15 is 0 Å². The van der Waals surface area contributed by atoms with Crippen molar-refractivity contribution in [2.45, 2.75) is 97.3 Å². The number of aromatic nitrogens is 1. The van der Waals surface area contributed by atoms with E-state index in [1.54, 1.807) is 58.0 Å². The minimum absolute atomic E-state index is 0.00187. The van der Waals surface area contributed by atoms with Crippen LogP contribution in [0.5, 0.6) is 0 Å². The van der Waals surface area contributed by atoms with Crippen LogP contribution in [0.4, 0.5) is 5.69 Å². The molecule has 2 heterocycles. The Labute approximate surface area is 285 Å². The fraction of sp³-hybridized carbons (Fsp3) is 0.514. The van der Waals surface area contributed by atoms with Crippen LogP contribution < -0.4 is 27.0 Å². The summed E-state index contributed by atoms with van der Waals surface area (Å²) in [5.41, 5.74) is 6.28. The van der Waals surface area contributed by atoms with Crippen LogP contribution in [0.3, 0.4) is 0 Å².